The Labute approximate surface area is 79.6 Å². The second kappa shape index (κ2) is 4.45. The summed E-state index contributed by atoms with van der Waals surface area (Å²) in [7, 11) is 0. The Morgan fingerprint density at radius 2 is 2.15 bits per heavy atom. The van der Waals surface area contributed by atoms with Gasteiger partial charge in [0.25, 0.3) is 0 Å². The molecular weight excluding hydrogens is 164 g/mol. The van der Waals surface area contributed by atoms with Gasteiger partial charge in [-0.15, -0.1) is 0 Å². The van der Waals surface area contributed by atoms with Gasteiger partial charge >= 0.3 is 5.97 Å². The first-order valence-electron chi connectivity index (χ1n) is 5.01. The van der Waals surface area contributed by atoms with Crippen molar-refractivity contribution in [2.45, 2.75) is 39.5 Å². The molecule has 0 amide bonds. The maximum atomic E-state index is 10.6. The number of carboxylic acid groups (broad SMARTS) is 1. The molecule has 1 aliphatic rings. The topological polar surface area (TPSA) is 37.3 Å². The molecule has 1 aliphatic carbocycles. The minimum Gasteiger partial charge on any atom is -0.478 e. The van der Waals surface area contributed by atoms with Crippen LogP contribution in [0.5, 0.6) is 0 Å². The smallest absolute Gasteiger partial charge is 0.330 e. The summed E-state index contributed by atoms with van der Waals surface area (Å²) in [5.74, 6) is 0.481. The molecule has 1 rings (SSSR count). The average molecular weight is 182 g/mol. The van der Waals surface area contributed by atoms with Gasteiger partial charge in [0.05, 0.1) is 0 Å². The van der Waals surface area contributed by atoms with E-state index in [2.05, 4.69) is 6.92 Å². The van der Waals surface area contributed by atoms with Crippen molar-refractivity contribution in [3.63, 3.8) is 0 Å². The largest absolute Gasteiger partial charge is 0.478 e. The van der Waals surface area contributed by atoms with Crippen LogP contribution in [-0.4, -0.2) is 11.1 Å². The van der Waals surface area contributed by atoms with E-state index in [0.29, 0.717) is 11.5 Å². The zero-order valence-corrected chi connectivity index (χ0v) is 8.42. The highest BCUT2D eigenvalue weighted by Crippen LogP contribution is 2.29. The lowest BCUT2D eigenvalue weighted by Crippen LogP contribution is -2.12. The molecule has 0 bridgehead atoms. The Morgan fingerprint density at radius 3 is 2.69 bits per heavy atom. The summed E-state index contributed by atoms with van der Waals surface area (Å²) in [4.78, 5) is 10.6. The highest BCUT2D eigenvalue weighted by molar-refractivity contribution is 5.85. The van der Waals surface area contributed by atoms with Gasteiger partial charge in [-0.1, -0.05) is 25.8 Å². The van der Waals surface area contributed by atoms with Crippen LogP contribution in [0.2, 0.25) is 0 Å². The van der Waals surface area contributed by atoms with Gasteiger partial charge in [0.2, 0.25) is 0 Å². The monoisotopic (exact) mass is 182 g/mol. The summed E-state index contributed by atoms with van der Waals surface area (Å²) in [6, 6.07) is 0. The molecule has 2 unspecified atom stereocenters. The molecule has 74 valence electrons. The molecule has 2 heteroatoms. The van der Waals surface area contributed by atoms with Crippen molar-refractivity contribution in [2.75, 3.05) is 0 Å². The summed E-state index contributed by atoms with van der Waals surface area (Å²) >= 11 is 0. The molecular formula is C11H18O2. The third kappa shape index (κ3) is 3.21. The molecule has 1 saturated carbocycles. The number of hydrogen-bond donors (Lipinski definition) is 1. The Balaban J connectivity index is 2.52. The number of allylic oxidation sites excluding steroid dienone is 1. The summed E-state index contributed by atoms with van der Waals surface area (Å²) in [6.07, 6.45) is 6.79. The molecule has 0 aromatic carbocycles. The molecule has 0 heterocycles. The zero-order valence-electron chi connectivity index (χ0n) is 8.42. The molecule has 0 aromatic heterocycles. The molecule has 0 spiro atoms. The van der Waals surface area contributed by atoms with E-state index in [4.69, 9.17) is 5.11 Å². The van der Waals surface area contributed by atoms with Crippen molar-refractivity contribution >= 4 is 5.97 Å². The average Bonchev–Trinajstić information content (AvgIpc) is 2.04. The lowest BCUT2D eigenvalue weighted by atomic mass is 9.82. The van der Waals surface area contributed by atoms with E-state index in [1.54, 1.807) is 6.92 Å². The molecule has 0 aliphatic heterocycles. The Bertz CT molecular complexity index is 218. The number of aliphatic carboxylic acids is 1. The van der Waals surface area contributed by atoms with E-state index in [0.717, 1.165) is 18.8 Å². The maximum Gasteiger partial charge on any atom is 0.330 e. The van der Waals surface area contributed by atoms with Crippen LogP contribution < -0.4 is 0 Å². The first-order chi connectivity index (χ1) is 6.09. The van der Waals surface area contributed by atoms with Crippen molar-refractivity contribution in [1.29, 1.82) is 0 Å². The van der Waals surface area contributed by atoms with Gasteiger partial charge in [-0.3, -0.25) is 0 Å². The van der Waals surface area contributed by atoms with Crippen molar-refractivity contribution in [1.82, 2.24) is 0 Å². The van der Waals surface area contributed by atoms with Gasteiger partial charge in [-0.05, 0) is 31.6 Å². The normalized spacial score (nSPS) is 30.2. The number of hydrogen-bond acceptors (Lipinski definition) is 1. The molecule has 1 fully saturated rings. The van der Waals surface area contributed by atoms with E-state index in [-0.39, 0.29) is 0 Å². The Hall–Kier alpha value is -0.790. The van der Waals surface area contributed by atoms with Crippen molar-refractivity contribution in [3.8, 4) is 0 Å². The fraction of sp³-hybridized carbons (Fsp3) is 0.727. The summed E-state index contributed by atoms with van der Waals surface area (Å²) in [6.45, 7) is 3.93. The molecule has 0 saturated heterocycles. The first-order valence-corrected chi connectivity index (χ1v) is 5.01. The molecule has 13 heavy (non-hydrogen) atoms. The minimum absolute atomic E-state index is 0.499. The van der Waals surface area contributed by atoms with Crippen LogP contribution >= 0.6 is 0 Å². The van der Waals surface area contributed by atoms with Gasteiger partial charge in [0, 0.05) is 5.57 Å². The Morgan fingerprint density at radius 1 is 1.46 bits per heavy atom. The van der Waals surface area contributed by atoms with Gasteiger partial charge in [0.15, 0.2) is 0 Å². The molecule has 0 radical (unpaired) electrons. The highest BCUT2D eigenvalue weighted by atomic mass is 16.4. The number of carboxylic acids is 1. The van der Waals surface area contributed by atoms with Crippen LogP contribution in [0.1, 0.15) is 39.5 Å². The zero-order chi connectivity index (χ0) is 9.84. The van der Waals surface area contributed by atoms with Crippen LogP contribution in [0, 0.1) is 11.8 Å². The fourth-order valence-electron chi connectivity index (χ4n) is 2.06. The Kier molecular flexibility index (Phi) is 3.52. The van der Waals surface area contributed by atoms with E-state index >= 15 is 0 Å². The van der Waals surface area contributed by atoms with Gasteiger partial charge < -0.3 is 5.11 Å². The second-order valence-electron chi connectivity index (χ2n) is 4.19. The molecule has 2 atom stereocenters. The predicted molar refractivity (Wildman–Crippen MR) is 52.5 cm³/mol. The van der Waals surface area contributed by atoms with Crippen LogP contribution in [0.25, 0.3) is 0 Å². The van der Waals surface area contributed by atoms with Gasteiger partial charge in [-0.25, -0.2) is 4.79 Å². The van der Waals surface area contributed by atoms with Gasteiger partial charge in [-0.2, -0.15) is 0 Å². The van der Waals surface area contributed by atoms with Crippen LogP contribution in [0.4, 0.5) is 0 Å². The second-order valence-corrected chi connectivity index (χ2v) is 4.19. The fourth-order valence-corrected chi connectivity index (χ4v) is 2.06. The lowest BCUT2D eigenvalue weighted by Gasteiger charge is -2.24. The third-order valence-electron chi connectivity index (χ3n) is 2.80. The van der Waals surface area contributed by atoms with E-state index < -0.39 is 5.97 Å². The number of rotatable bonds is 2. The lowest BCUT2D eigenvalue weighted by molar-refractivity contribution is -0.132. The van der Waals surface area contributed by atoms with Crippen molar-refractivity contribution < 1.29 is 9.90 Å². The van der Waals surface area contributed by atoms with Crippen molar-refractivity contribution in [2.24, 2.45) is 11.8 Å². The quantitative estimate of drug-likeness (QED) is 0.667. The minimum atomic E-state index is -0.779. The number of carbonyl (C=O) groups is 1. The summed E-state index contributed by atoms with van der Waals surface area (Å²) in [5, 5.41) is 8.71. The van der Waals surface area contributed by atoms with E-state index in [9.17, 15) is 4.79 Å². The SMILES string of the molecule is C/C(=C\C1CCCC(C)C1)C(=O)O. The van der Waals surface area contributed by atoms with Gasteiger partial charge in [0.1, 0.15) is 0 Å². The molecule has 2 nitrogen and oxygen atoms in total. The first kappa shape index (κ1) is 10.3. The van der Waals surface area contributed by atoms with E-state index in [1.165, 1.54) is 12.8 Å². The summed E-state index contributed by atoms with van der Waals surface area (Å²) < 4.78 is 0. The molecule has 1 N–H and O–H groups in total. The van der Waals surface area contributed by atoms with Crippen molar-refractivity contribution in [3.05, 3.63) is 11.6 Å². The highest BCUT2D eigenvalue weighted by Gasteiger charge is 2.17. The van der Waals surface area contributed by atoms with Crippen LogP contribution in [0.15, 0.2) is 11.6 Å². The summed E-state index contributed by atoms with van der Waals surface area (Å²) in [5.41, 5.74) is 0.499. The van der Waals surface area contributed by atoms with Crippen LogP contribution in [-0.2, 0) is 4.79 Å². The van der Waals surface area contributed by atoms with E-state index in [1.807, 2.05) is 6.08 Å². The maximum absolute atomic E-state index is 10.6. The third-order valence-corrected chi connectivity index (χ3v) is 2.80. The predicted octanol–water partition coefficient (Wildman–Crippen LogP) is 2.84. The standard InChI is InChI=1S/C11H18O2/c1-8-4-3-5-10(6-8)7-9(2)11(12)13/h7-8,10H,3-6H2,1-2H3,(H,12,13)/b9-7+. The molecule has 0 aromatic rings. The van der Waals surface area contributed by atoms with Crippen LogP contribution in [0.3, 0.4) is 0 Å².